The van der Waals surface area contributed by atoms with Gasteiger partial charge < -0.3 is 10.2 Å². The predicted octanol–water partition coefficient (Wildman–Crippen LogP) is 3.06. The van der Waals surface area contributed by atoms with Gasteiger partial charge in [0.15, 0.2) is 0 Å². The Morgan fingerprint density at radius 2 is 1.57 bits per heavy atom. The Morgan fingerprint density at radius 1 is 1.00 bits per heavy atom. The number of carbonyl (C=O) groups is 2. The van der Waals surface area contributed by atoms with Crippen LogP contribution in [0.5, 0.6) is 0 Å². The van der Waals surface area contributed by atoms with Crippen LogP contribution >= 0.6 is 0 Å². The van der Waals surface area contributed by atoms with E-state index < -0.39 is 5.41 Å². The van der Waals surface area contributed by atoms with E-state index in [2.05, 4.69) is 5.32 Å². The maximum absolute atomic E-state index is 12.7. The van der Waals surface area contributed by atoms with E-state index >= 15 is 0 Å². The quantitative estimate of drug-likeness (QED) is 0.863. The van der Waals surface area contributed by atoms with Crippen LogP contribution in [0.1, 0.15) is 18.4 Å². The molecule has 2 aromatic rings. The van der Waals surface area contributed by atoms with E-state index in [-0.39, 0.29) is 11.8 Å². The van der Waals surface area contributed by atoms with Crippen LogP contribution in [0.15, 0.2) is 60.7 Å². The van der Waals surface area contributed by atoms with Crippen LogP contribution in [-0.2, 0) is 16.1 Å². The molecule has 4 heteroatoms. The molecule has 0 aromatic heterocycles. The molecule has 4 nitrogen and oxygen atoms in total. The first-order chi connectivity index (χ1) is 11.1. The number of nitrogens with zero attached hydrogens (tertiary/aromatic N) is 1. The fraction of sp³-hybridized carbons (Fsp3) is 0.263. The van der Waals surface area contributed by atoms with Gasteiger partial charge in [-0.15, -0.1) is 0 Å². The molecule has 1 aliphatic carbocycles. The highest BCUT2D eigenvalue weighted by Gasteiger charge is 2.57. The summed E-state index contributed by atoms with van der Waals surface area (Å²) in [6.45, 7) is 0.514. The molecule has 0 bridgehead atoms. The Labute approximate surface area is 136 Å². The summed E-state index contributed by atoms with van der Waals surface area (Å²) in [4.78, 5) is 26.9. The molecule has 0 aliphatic heterocycles. The summed E-state index contributed by atoms with van der Waals surface area (Å²) in [5.41, 5.74) is 0.893. The molecular weight excluding hydrogens is 288 g/mol. The Bertz CT molecular complexity index is 694. The maximum Gasteiger partial charge on any atom is 0.240 e. The fourth-order valence-electron chi connectivity index (χ4n) is 2.73. The number of carbonyl (C=O) groups excluding carboxylic acids is 2. The van der Waals surface area contributed by atoms with Crippen molar-refractivity contribution in [2.45, 2.75) is 19.4 Å². The van der Waals surface area contributed by atoms with Gasteiger partial charge in [-0.25, -0.2) is 0 Å². The number of hydrogen-bond donors (Lipinski definition) is 1. The molecule has 0 saturated heterocycles. The Morgan fingerprint density at radius 3 is 2.13 bits per heavy atom. The molecule has 23 heavy (non-hydrogen) atoms. The van der Waals surface area contributed by atoms with Gasteiger partial charge in [0.2, 0.25) is 11.8 Å². The minimum absolute atomic E-state index is 0.102. The van der Waals surface area contributed by atoms with Crippen molar-refractivity contribution in [2.75, 3.05) is 12.4 Å². The third kappa shape index (κ3) is 3.26. The molecule has 0 heterocycles. The van der Waals surface area contributed by atoms with E-state index in [1.807, 2.05) is 60.7 Å². The zero-order chi connectivity index (χ0) is 16.3. The highest BCUT2D eigenvalue weighted by Crippen LogP contribution is 2.48. The van der Waals surface area contributed by atoms with E-state index in [1.165, 1.54) is 0 Å². The molecule has 3 rings (SSSR count). The molecule has 0 atom stereocenters. The number of amides is 2. The second-order valence-corrected chi connectivity index (χ2v) is 6.05. The standard InChI is InChI=1S/C19H20N2O2/c1-21(14-15-8-4-2-5-9-15)18(23)19(12-13-19)17(22)20-16-10-6-3-7-11-16/h2-11H,12-14H2,1H3,(H,20,22). The molecule has 0 radical (unpaired) electrons. The van der Waals surface area contributed by atoms with E-state index in [4.69, 9.17) is 0 Å². The van der Waals surface area contributed by atoms with Gasteiger partial charge in [0.1, 0.15) is 5.41 Å². The first kappa shape index (κ1) is 15.3. The first-order valence-electron chi connectivity index (χ1n) is 7.78. The molecule has 0 unspecified atom stereocenters. The zero-order valence-electron chi connectivity index (χ0n) is 13.2. The van der Waals surface area contributed by atoms with Gasteiger partial charge in [-0.3, -0.25) is 9.59 Å². The molecule has 0 spiro atoms. The lowest BCUT2D eigenvalue weighted by molar-refractivity contribution is -0.141. The van der Waals surface area contributed by atoms with Crippen molar-refractivity contribution in [3.05, 3.63) is 66.2 Å². The second kappa shape index (κ2) is 6.24. The van der Waals surface area contributed by atoms with Gasteiger partial charge in [-0.1, -0.05) is 48.5 Å². The SMILES string of the molecule is CN(Cc1ccccc1)C(=O)C1(C(=O)Nc2ccccc2)CC1. The van der Waals surface area contributed by atoms with Crippen LogP contribution in [0, 0.1) is 5.41 Å². The third-order valence-electron chi connectivity index (χ3n) is 4.23. The summed E-state index contributed by atoms with van der Waals surface area (Å²) >= 11 is 0. The summed E-state index contributed by atoms with van der Waals surface area (Å²) in [5.74, 6) is -0.302. The first-order valence-corrected chi connectivity index (χ1v) is 7.78. The van der Waals surface area contributed by atoms with Gasteiger partial charge >= 0.3 is 0 Å². The van der Waals surface area contributed by atoms with Gasteiger partial charge in [0.25, 0.3) is 0 Å². The molecule has 1 fully saturated rings. The third-order valence-corrected chi connectivity index (χ3v) is 4.23. The van der Waals surface area contributed by atoms with Gasteiger partial charge in [0, 0.05) is 19.3 Å². The summed E-state index contributed by atoms with van der Waals surface area (Å²) in [6.07, 6.45) is 1.23. The Hall–Kier alpha value is -2.62. The lowest BCUT2D eigenvalue weighted by atomic mass is 10.0. The average Bonchev–Trinajstić information content (AvgIpc) is 3.38. The fourth-order valence-corrected chi connectivity index (χ4v) is 2.73. The number of hydrogen-bond acceptors (Lipinski definition) is 2. The van der Waals surface area contributed by atoms with Crippen LogP contribution in [0.25, 0.3) is 0 Å². The minimum atomic E-state index is -0.890. The van der Waals surface area contributed by atoms with E-state index in [1.54, 1.807) is 11.9 Å². The van der Waals surface area contributed by atoms with Crippen molar-refractivity contribution in [1.29, 1.82) is 0 Å². The summed E-state index contributed by atoms with van der Waals surface area (Å²) in [5, 5.41) is 2.86. The van der Waals surface area contributed by atoms with Crippen LogP contribution in [0.2, 0.25) is 0 Å². The number of benzene rings is 2. The molecule has 2 amide bonds. The number of rotatable bonds is 5. The lowest BCUT2D eigenvalue weighted by Gasteiger charge is -2.23. The number of nitrogens with one attached hydrogen (secondary N) is 1. The van der Waals surface area contributed by atoms with Crippen molar-refractivity contribution >= 4 is 17.5 Å². The Balaban J connectivity index is 1.67. The van der Waals surface area contributed by atoms with Gasteiger partial charge in [0.05, 0.1) is 0 Å². The van der Waals surface area contributed by atoms with Crippen molar-refractivity contribution in [3.8, 4) is 0 Å². The summed E-state index contributed by atoms with van der Waals surface area (Å²) in [6, 6.07) is 19.1. The molecule has 1 saturated carbocycles. The Kier molecular flexibility index (Phi) is 4.15. The molecular formula is C19H20N2O2. The van der Waals surface area contributed by atoms with Crippen LogP contribution in [-0.4, -0.2) is 23.8 Å². The van der Waals surface area contributed by atoms with Crippen molar-refractivity contribution in [2.24, 2.45) is 5.41 Å². The monoisotopic (exact) mass is 308 g/mol. The second-order valence-electron chi connectivity index (χ2n) is 6.05. The van der Waals surface area contributed by atoms with E-state index in [0.717, 1.165) is 11.3 Å². The van der Waals surface area contributed by atoms with Crippen LogP contribution < -0.4 is 5.32 Å². The smallest absolute Gasteiger partial charge is 0.240 e. The topological polar surface area (TPSA) is 49.4 Å². The predicted molar refractivity (Wildman–Crippen MR) is 89.7 cm³/mol. The number of anilines is 1. The zero-order valence-corrected chi connectivity index (χ0v) is 13.2. The lowest BCUT2D eigenvalue weighted by Crippen LogP contribution is -2.40. The van der Waals surface area contributed by atoms with Crippen molar-refractivity contribution in [1.82, 2.24) is 4.90 Å². The largest absolute Gasteiger partial charge is 0.340 e. The maximum atomic E-state index is 12.7. The number of para-hydroxylation sites is 1. The highest BCUT2D eigenvalue weighted by molar-refractivity contribution is 6.12. The van der Waals surface area contributed by atoms with Gasteiger partial charge in [-0.2, -0.15) is 0 Å². The highest BCUT2D eigenvalue weighted by atomic mass is 16.2. The molecule has 118 valence electrons. The van der Waals surface area contributed by atoms with Crippen molar-refractivity contribution < 1.29 is 9.59 Å². The molecule has 1 aliphatic rings. The minimum Gasteiger partial charge on any atom is -0.340 e. The summed E-state index contributed by atoms with van der Waals surface area (Å²) in [7, 11) is 1.76. The van der Waals surface area contributed by atoms with Gasteiger partial charge in [-0.05, 0) is 30.5 Å². The van der Waals surface area contributed by atoms with Crippen LogP contribution in [0.3, 0.4) is 0 Å². The average molecular weight is 308 g/mol. The molecule has 1 N–H and O–H groups in total. The van der Waals surface area contributed by atoms with Crippen molar-refractivity contribution in [3.63, 3.8) is 0 Å². The summed E-state index contributed by atoms with van der Waals surface area (Å²) < 4.78 is 0. The molecule has 2 aromatic carbocycles. The normalized spacial score (nSPS) is 14.8. The van der Waals surface area contributed by atoms with E-state index in [0.29, 0.717) is 19.4 Å². The van der Waals surface area contributed by atoms with E-state index in [9.17, 15) is 9.59 Å². The van der Waals surface area contributed by atoms with Crippen LogP contribution in [0.4, 0.5) is 5.69 Å².